The van der Waals surface area contributed by atoms with Crippen LogP contribution in [0.15, 0.2) is 24.8 Å². The third kappa shape index (κ3) is 1.15. The van der Waals surface area contributed by atoms with E-state index in [9.17, 15) is 10.1 Å². The van der Waals surface area contributed by atoms with E-state index < -0.39 is 4.92 Å². The smallest absolute Gasteiger partial charge is 0.358 e. The highest BCUT2D eigenvalue weighted by Crippen LogP contribution is 2.18. The number of hydrogen-bond donors (Lipinski definition) is 0. The van der Waals surface area contributed by atoms with Crippen LogP contribution in [0, 0.1) is 10.1 Å². The van der Waals surface area contributed by atoms with Crippen LogP contribution in [-0.2, 0) is 7.05 Å². The molecule has 0 bridgehead atoms. The minimum absolute atomic E-state index is 0.198. The Morgan fingerprint density at radius 1 is 1.57 bits per heavy atom. The molecular weight excluding hydrogens is 186 g/mol. The largest absolute Gasteiger partial charge is 0.408 e. The summed E-state index contributed by atoms with van der Waals surface area (Å²) >= 11 is 0. The highest BCUT2D eigenvalue weighted by molar-refractivity contribution is 5.40. The number of nitrogens with zero attached hydrogens (tertiary/aromatic N) is 5. The van der Waals surface area contributed by atoms with Crippen molar-refractivity contribution in [3.8, 4) is 5.82 Å². The van der Waals surface area contributed by atoms with Gasteiger partial charge in [0.15, 0.2) is 0 Å². The van der Waals surface area contributed by atoms with E-state index in [4.69, 9.17) is 0 Å². The Kier molecular flexibility index (Phi) is 1.77. The summed E-state index contributed by atoms with van der Waals surface area (Å²) in [5, 5.41) is 14.5. The van der Waals surface area contributed by atoms with Crippen LogP contribution in [0.4, 0.5) is 5.82 Å². The molecule has 2 rings (SSSR count). The van der Waals surface area contributed by atoms with Crippen LogP contribution in [0.5, 0.6) is 0 Å². The molecule has 0 N–H and O–H groups in total. The Hall–Kier alpha value is -2.18. The standard InChI is InChI=1S/C7H7N5O2/c1-10-5-8-6(12(13)14)7(10)11-4-2-3-9-11/h2-5H,1H3. The maximum absolute atomic E-state index is 10.6. The van der Waals surface area contributed by atoms with E-state index in [2.05, 4.69) is 10.1 Å². The molecule has 2 aromatic heterocycles. The minimum atomic E-state index is -0.531. The minimum Gasteiger partial charge on any atom is -0.358 e. The quantitative estimate of drug-likeness (QED) is 0.514. The summed E-state index contributed by atoms with van der Waals surface area (Å²) in [5.41, 5.74) is 0. The van der Waals surface area contributed by atoms with Gasteiger partial charge in [0.05, 0.1) is 0 Å². The first-order chi connectivity index (χ1) is 6.70. The van der Waals surface area contributed by atoms with E-state index in [0.29, 0.717) is 5.82 Å². The first kappa shape index (κ1) is 8.42. The highest BCUT2D eigenvalue weighted by Gasteiger charge is 2.21. The molecule has 0 aromatic carbocycles. The monoisotopic (exact) mass is 193 g/mol. The van der Waals surface area contributed by atoms with Gasteiger partial charge in [0.1, 0.15) is 0 Å². The van der Waals surface area contributed by atoms with Crippen LogP contribution in [0.2, 0.25) is 0 Å². The number of rotatable bonds is 2. The fourth-order valence-electron chi connectivity index (χ4n) is 1.20. The molecule has 0 unspecified atom stereocenters. The number of nitro groups is 1. The normalized spacial score (nSPS) is 10.4. The van der Waals surface area contributed by atoms with Crippen LogP contribution in [0.1, 0.15) is 0 Å². The molecule has 2 aromatic rings. The molecular formula is C7H7N5O2. The third-order valence-electron chi connectivity index (χ3n) is 1.78. The average Bonchev–Trinajstić information content (AvgIpc) is 2.71. The van der Waals surface area contributed by atoms with Gasteiger partial charge < -0.3 is 10.1 Å². The SMILES string of the molecule is Cn1cnc([N+](=O)[O-])c1-n1cccn1. The molecule has 0 aliphatic heterocycles. The van der Waals surface area contributed by atoms with Crippen LogP contribution >= 0.6 is 0 Å². The van der Waals surface area contributed by atoms with Gasteiger partial charge in [-0.15, -0.1) is 0 Å². The third-order valence-corrected chi connectivity index (χ3v) is 1.78. The molecule has 7 nitrogen and oxygen atoms in total. The zero-order chi connectivity index (χ0) is 10.1. The summed E-state index contributed by atoms with van der Waals surface area (Å²) in [6.07, 6.45) is 4.57. The van der Waals surface area contributed by atoms with Crippen molar-refractivity contribution in [2.75, 3.05) is 0 Å². The number of aryl methyl sites for hydroxylation is 1. The molecule has 0 saturated heterocycles. The van der Waals surface area contributed by atoms with E-state index in [1.165, 1.54) is 11.0 Å². The van der Waals surface area contributed by atoms with Crippen LogP contribution in [0.3, 0.4) is 0 Å². The predicted molar refractivity (Wildman–Crippen MR) is 47.0 cm³/mol. The van der Waals surface area contributed by atoms with E-state index in [1.54, 1.807) is 30.1 Å². The van der Waals surface area contributed by atoms with Crippen molar-refractivity contribution < 1.29 is 4.92 Å². The average molecular weight is 193 g/mol. The van der Waals surface area contributed by atoms with Gasteiger partial charge in [0.25, 0.3) is 0 Å². The van der Waals surface area contributed by atoms with Gasteiger partial charge in [-0.05, 0) is 16.0 Å². The second kappa shape index (κ2) is 2.95. The molecule has 0 spiro atoms. The van der Waals surface area contributed by atoms with Gasteiger partial charge >= 0.3 is 5.82 Å². The van der Waals surface area contributed by atoms with Crippen molar-refractivity contribution in [3.05, 3.63) is 34.9 Å². The van der Waals surface area contributed by atoms with E-state index in [-0.39, 0.29) is 5.82 Å². The maximum atomic E-state index is 10.6. The molecule has 7 heteroatoms. The van der Waals surface area contributed by atoms with Gasteiger partial charge in [-0.1, -0.05) is 0 Å². The van der Waals surface area contributed by atoms with Crippen molar-refractivity contribution in [2.24, 2.45) is 7.05 Å². The van der Waals surface area contributed by atoms with Gasteiger partial charge in [0, 0.05) is 19.4 Å². The van der Waals surface area contributed by atoms with Gasteiger partial charge in [-0.3, -0.25) is 4.57 Å². The molecule has 0 saturated carbocycles. The van der Waals surface area contributed by atoms with Crippen molar-refractivity contribution >= 4 is 5.82 Å². The number of aromatic nitrogens is 4. The lowest BCUT2D eigenvalue weighted by molar-refractivity contribution is -0.389. The zero-order valence-corrected chi connectivity index (χ0v) is 7.36. The Balaban J connectivity index is 2.62. The predicted octanol–water partition coefficient (Wildman–Crippen LogP) is 0.514. The molecule has 0 aliphatic carbocycles. The van der Waals surface area contributed by atoms with Crippen molar-refractivity contribution in [3.63, 3.8) is 0 Å². The fourth-order valence-corrected chi connectivity index (χ4v) is 1.20. The molecule has 0 fully saturated rings. The number of imidazole rings is 1. The highest BCUT2D eigenvalue weighted by atomic mass is 16.6. The molecule has 0 aliphatic rings. The zero-order valence-electron chi connectivity index (χ0n) is 7.36. The second-order valence-electron chi connectivity index (χ2n) is 2.71. The summed E-state index contributed by atoms with van der Waals surface area (Å²) in [6.45, 7) is 0. The molecule has 0 amide bonds. The van der Waals surface area contributed by atoms with Crippen LogP contribution in [0.25, 0.3) is 5.82 Å². The first-order valence-electron chi connectivity index (χ1n) is 3.86. The number of hydrogen-bond acceptors (Lipinski definition) is 4. The molecule has 0 radical (unpaired) electrons. The summed E-state index contributed by atoms with van der Waals surface area (Å²) in [6, 6.07) is 1.69. The lowest BCUT2D eigenvalue weighted by Crippen LogP contribution is -2.04. The summed E-state index contributed by atoms with van der Waals surface area (Å²) < 4.78 is 2.95. The van der Waals surface area contributed by atoms with Crippen LogP contribution in [-0.4, -0.2) is 24.3 Å². The summed E-state index contributed by atoms with van der Waals surface area (Å²) in [5.74, 6) is 0.149. The topological polar surface area (TPSA) is 78.8 Å². The van der Waals surface area contributed by atoms with Gasteiger partial charge in [-0.25, -0.2) is 4.68 Å². The van der Waals surface area contributed by atoms with Crippen LogP contribution < -0.4 is 0 Å². The summed E-state index contributed by atoms with van der Waals surface area (Å²) in [7, 11) is 1.68. The van der Waals surface area contributed by atoms with E-state index in [0.717, 1.165) is 0 Å². The molecule has 0 atom stereocenters. The molecule has 2 heterocycles. The second-order valence-corrected chi connectivity index (χ2v) is 2.71. The van der Waals surface area contributed by atoms with Crippen molar-refractivity contribution in [2.45, 2.75) is 0 Å². The lowest BCUT2D eigenvalue weighted by Gasteiger charge is -2.00. The fraction of sp³-hybridized carbons (Fsp3) is 0.143. The van der Waals surface area contributed by atoms with E-state index >= 15 is 0 Å². The van der Waals surface area contributed by atoms with E-state index in [1.807, 2.05) is 0 Å². The molecule has 72 valence electrons. The lowest BCUT2D eigenvalue weighted by atomic mass is 10.6. The van der Waals surface area contributed by atoms with Crippen molar-refractivity contribution in [1.82, 2.24) is 19.3 Å². The maximum Gasteiger partial charge on any atom is 0.408 e. The van der Waals surface area contributed by atoms with Gasteiger partial charge in [-0.2, -0.15) is 5.10 Å². The van der Waals surface area contributed by atoms with Crippen molar-refractivity contribution in [1.29, 1.82) is 0 Å². The Bertz CT molecular complexity index is 458. The van der Waals surface area contributed by atoms with Gasteiger partial charge in [0.2, 0.25) is 12.1 Å². The Labute approximate surface area is 78.8 Å². The first-order valence-corrected chi connectivity index (χ1v) is 3.86. The Morgan fingerprint density at radius 2 is 2.36 bits per heavy atom. The summed E-state index contributed by atoms with van der Waals surface area (Å²) in [4.78, 5) is 13.8. The molecule has 14 heavy (non-hydrogen) atoms. The Morgan fingerprint density at radius 3 is 2.93 bits per heavy atom.